The van der Waals surface area contributed by atoms with Crippen LogP contribution in [0.5, 0.6) is 5.75 Å². The molecule has 31 heavy (non-hydrogen) atoms. The third-order valence-electron chi connectivity index (χ3n) is 4.03. The number of ether oxygens (including phenoxy) is 2. The lowest BCUT2D eigenvalue weighted by atomic mass is 10.3. The molecule has 10 heteroatoms. The first kappa shape index (κ1) is 22.4. The van der Waals surface area contributed by atoms with E-state index in [-0.39, 0.29) is 37.8 Å². The van der Waals surface area contributed by atoms with Crippen LogP contribution in [0.1, 0.15) is 26.8 Å². The number of nitrogens with one attached hydrogen (secondary N) is 2. The van der Waals surface area contributed by atoms with Crippen molar-refractivity contribution in [1.82, 2.24) is 10.3 Å². The smallest absolute Gasteiger partial charge is 0.307 e. The molecule has 0 radical (unpaired) electrons. The quantitative estimate of drug-likeness (QED) is 0.451. The number of carbonyl (C=O) groups is 3. The molecule has 3 rings (SSSR count). The summed E-state index contributed by atoms with van der Waals surface area (Å²) in [4.78, 5) is 40.9. The highest BCUT2D eigenvalue weighted by molar-refractivity contribution is 7.12. The van der Waals surface area contributed by atoms with Crippen LogP contribution in [-0.2, 0) is 27.4 Å². The molecule has 0 aliphatic carbocycles. The van der Waals surface area contributed by atoms with E-state index in [2.05, 4.69) is 15.6 Å². The van der Waals surface area contributed by atoms with Gasteiger partial charge in [-0.25, -0.2) is 4.98 Å². The van der Waals surface area contributed by atoms with Crippen LogP contribution in [0.15, 0.2) is 47.2 Å². The molecule has 0 saturated carbocycles. The Bertz CT molecular complexity index is 1030. The number of esters is 1. The molecule has 2 heterocycles. The van der Waals surface area contributed by atoms with E-state index in [1.165, 1.54) is 29.8 Å². The Morgan fingerprint density at radius 1 is 1.10 bits per heavy atom. The molecule has 162 valence electrons. The summed E-state index contributed by atoms with van der Waals surface area (Å²) in [7, 11) is 1.54. The van der Waals surface area contributed by atoms with E-state index in [1.807, 2.05) is 17.5 Å². The summed E-state index contributed by atoms with van der Waals surface area (Å²) in [6.07, 6.45) is 0.167. The molecule has 2 aromatic heterocycles. The fourth-order valence-electron chi connectivity index (χ4n) is 2.58. The van der Waals surface area contributed by atoms with Crippen molar-refractivity contribution in [2.24, 2.45) is 0 Å². The zero-order valence-electron chi connectivity index (χ0n) is 16.8. The molecular formula is C21H21N3O5S2. The summed E-state index contributed by atoms with van der Waals surface area (Å²) in [5, 5.41) is 9.64. The van der Waals surface area contributed by atoms with Crippen molar-refractivity contribution in [2.75, 3.05) is 19.0 Å². The number of amides is 2. The number of rotatable bonds is 10. The Morgan fingerprint density at radius 3 is 2.71 bits per heavy atom. The molecule has 0 atom stereocenters. The monoisotopic (exact) mass is 459 g/mol. The number of thiazole rings is 1. The summed E-state index contributed by atoms with van der Waals surface area (Å²) in [5.74, 6) is -0.286. The van der Waals surface area contributed by atoms with Crippen LogP contribution in [-0.4, -0.2) is 36.4 Å². The van der Waals surface area contributed by atoms with Gasteiger partial charge in [0.25, 0.3) is 5.91 Å². The van der Waals surface area contributed by atoms with Crippen molar-refractivity contribution in [2.45, 2.75) is 19.4 Å². The number of carbonyl (C=O) groups excluding carboxylic acids is 3. The minimum absolute atomic E-state index is 0.0162. The van der Waals surface area contributed by atoms with E-state index in [0.29, 0.717) is 27.0 Å². The van der Waals surface area contributed by atoms with Gasteiger partial charge in [-0.2, -0.15) is 0 Å². The third kappa shape index (κ3) is 6.90. The van der Waals surface area contributed by atoms with Gasteiger partial charge < -0.3 is 20.1 Å². The highest BCUT2D eigenvalue weighted by Gasteiger charge is 2.12. The maximum Gasteiger partial charge on any atom is 0.307 e. The first-order valence-corrected chi connectivity index (χ1v) is 11.1. The summed E-state index contributed by atoms with van der Waals surface area (Å²) < 4.78 is 10.4. The van der Waals surface area contributed by atoms with Crippen LogP contribution >= 0.6 is 22.7 Å². The number of hydrogen-bond donors (Lipinski definition) is 2. The standard InChI is InChI=1S/C21H21N3O5S2/c1-28-16-6-3-2-5-15(16)24-18(25)11-19-23-14(13-31-19)12-29-20(26)8-9-22-21(27)17-7-4-10-30-17/h2-7,10,13H,8-9,11-12H2,1H3,(H,22,27)(H,24,25). The minimum Gasteiger partial charge on any atom is -0.495 e. The molecule has 0 spiro atoms. The maximum absolute atomic E-state index is 12.3. The minimum atomic E-state index is -0.435. The van der Waals surface area contributed by atoms with Crippen molar-refractivity contribution in [3.63, 3.8) is 0 Å². The number of anilines is 1. The number of para-hydroxylation sites is 2. The Hall–Kier alpha value is -3.24. The zero-order valence-corrected chi connectivity index (χ0v) is 18.4. The molecule has 3 aromatic rings. The average molecular weight is 460 g/mol. The highest BCUT2D eigenvalue weighted by Crippen LogP contribution is 2.23. The molecule has 0 aliphatic heterocycles. The number of aromatic nitrogens is 1. The first-order chi connectivity index (χ1) is 15.0. The molecule has 8 nitrogen and oxygen atoms in total. The van der Waals surface area contributed by atoms with Crippen LogP contribution in [0, 0.1) is 0 Å². The van der Waals surface area contributed by atoms with Crippen molar-refractivity contribution < 1.29 is 23.9 Å². The van der Waals surface area contributed by atoms with Crippen molar-refractivity contribution >= 4 is 46.1 Å². The second-order valence-corrected chi connectivity index (χ2v) is 8.19. The summed E-state index contributed by atoms with van der Waals surface area (Å²) in [6.45, 7) is 0.212. The van der Waals surface area contributed by atoms with Gasteiger partial charge in [-0.15, -0.1) is 22.7 Å². The van der Waals surface area contributed by atoms with Crippen LogP contribution in [0.2, 0.25) is 0 Å². The lowest BCUT2D eigenvalue weighted by Gasteiger charge is -2.08. The van der Waals surface area contributed by atoms with E-state index in [1.54, 1.807) is 29.6 Å². The van der Waals surface area contributed by atoms with Gasteiger partial charge in [0.15, 0.2) is 0 Å². The number of thiophene rings is 1. The fraction of sp³-hybridized carbons (Fsp3) is 0.238. The molecule has 0 unspecified atom stereocenters. The van der Waals surface area contributed by atoms with Crippen molar-refractivity contribution in [1.29, 1.82) is 0 Å². The zero-order chi connectivity index (χ0) is 22.1. The van der Waals surface area contributed by atoms with E-state index in [4.69, 9.17) is 9.47 Å². The van der Waals surface area contributed by atoms with Crippen molar-refractivity contribution in [3.8, 4) is 5.75 Å². The van der Waals surface area contributed by atoms with Gasteiger partial charge in [0.2, 0.25) is 5.91 Å². The van der Waals surface area contributed by atoms with Gasteiger partial charge in [0.05, 0.1) is 36.2 Å². The van der Waals surface area contributed by atoms with Crippen LogP contribution in [0.4, 0.5) is 5.69 Å². The molecule has 2 amide bonds. The van der Waals surface area contributed by atoms with E-state index >= 15 is 0 Å². The first-order valence-electron chi connectivity index (χ1n) is 9.38. The van der Waals surface area contributed by atoms with Gasteiger partial charge in [-0.3, -0.25) is 14.4 Å². The summed E-state index contributed by atoms with van der Waals surface area (Å²) in [6, 6.07) is 10.7. The predicted molar refractivity (Wildman–Crippen MR) is 119 cm³/mol. The van der Waals surface area contributed by atoms with Crippen LogP contribution in [0.25, 0.3) is 0 Å². The molecular weight excluding hydrogens is 438 g/mol. The fourth-order valence-corrected chi connectivity index (χ4v) is 3.99. The Morgan fingerprint density at radius 2 is 1.94 bits per heavy atom. The molecule has 0 aliphatic rings. The van der Waals surface area contributed by atoms with E-state index < -0.39 is 5.97 Å². The second-order valence-electron chi connectivity index (χ2n) is 6.30. The largest absolute Gasteiger partial charge is 0.495 e. The van der Waals surface area contributed by atoms with Crippen LogP contribution < -0.4 is 15.4 Å². The molecule has 0 bridgehead atoms. The molecule has 0 saturated heterocycles. The second kappa shape index (κ2) is 11.2. The average Bonchev–Trinajstić information content (AvgIpc) is 3.45. The highest BCUT2D eigenvalue weighted by atomic mass is 32.1. The third-order valence-corrected chi connectivity index (χ3v) is 5.80. The number of hydrogen-bond acceptors (Lipinski definition) is 8. The molecule has 0 fully saturated rings. The van der Waals surface area contributed by atoms with Gasteiger partial charge in [0.1, 0.15) is 17.4 Å². The number of benzene rings is 1. The van der Waals surface area contributed by atoms with Crippen molar-refractivity contribution in [3.05, 3.63) is 62.7 Å². The number of methoxy groups -OCH3 is 1. The SMILES string of the molecule is COc1ccccc1NC(=O)Cc1nc(COC(=O)CCNC(=O)c2cccs2)cs1. The maximum atomic E-state index is 12.3. The summed E-state index contributed by atoms with van der Waals surface area (Å²) >= 11 is 2.66. The van der Waals surface area contributed by atoms with Gasteiger partial charge in [-0.1, -0.05) is 18.2 Å². The van der Waals surface area contributed by atoms with Gasteiger partial charge in [-0.05, 0) is 23.6 Å². The van der Waals surface area contributed by atoms with E-state index in [0.717, 1.165) is 0 Å². The summed E-state index contributed by atoms with van der Waals surface area (Å²) in [5.41, 5.74) is 1.16. The van der Waals surface area contributed by atoms with Gasteiger partial charge >= 0.3 is 5.97 Å². The lowest BCUT2D eigenvalue weighted by molar-refractivity contribution is -0.144. The predicted octanol–water partition coefficient (Wildman–Crippen LogP) is 3.26. The normalized spacial score (nSPS) is 10.4. The van der Waals surface area contributed by atoms with Crippen LogP contribution in [0.3, 0.4) is 0 Å². The van der Waals surface area contributed by atoms with E-state index in [9.17, 15) is 14.4 Å². The molecule has 2 N–H and O–H groups in total. The van der Waals surface area contributed by atoms with Gasteiger partial charge in [0, 0.05) is 11.9 Å². The lowest BCUT2D eigenvalue weighted by Crippen LogP contribution is -2.25. The number of nitrogens with zero attached hydrogens (tertiary/aromatic N) is 1. The topological polar surface area (TPSA) is 107 Å². The Balaban J connectivity index is 1.38. The molecule has 1 aromatic carbocycles. The Kier molecular flexibility index (Phi) is 8.13. The Labute approximate surface area is 187 Å².